The van der Waals surface area contributed by atoms with Gasteiger partial charge in [-0.15, -0.1) is 0 Å². The summed E-state index contributed by atoms with van der Waals surface area (Å²) in [6.07, 6.45) is 0.272. The topological polar surface area (TPSA) is 64.0 Å². The Morgan fingerprint density at radius 1 is 1.33 bits per heavy atom. The Bertz CT molecular complexity index is 873. The second-order valence-corrected chi connectivity index (χ2v) is 7.35. The first kappa shape index (κ1) is 16.8. The SMILES string of the molecule is CCSc1nc(=O)c2c(n1C)NC(=O)C[C@H]2c1cc(C)ccc1C. The molecule has 6 heteroatoms. The molecule has 1 aliphatic heterocycles. The molecule has 0 fully saturated rings. The minimum Gasteiger partial charge on any atom is -0.312 e. The van der Waals surface area contributed by atoms with Crippen molar-refractivity contribution in [3.63, 3.8) is 0 Å². The largest absolute Gasteiger partial charge is 0.312 e. The standard InChI is InChI=1S/C18H21N3O2S/c1-5-24-18-20-17(23)15-13(9-14(22)19-16(15)21(18)4)12-8-10(2)6-7-11(12)3/h6-8,13H,5,9H2,1-4H3,(H,19,22)/t13-/m0/s1. The Labute approximate surface area is 145 Å². The Balaban J connectivity index is 2.24. The zero-order valence-corrected chi connectivity index (χ0v) is 15.2. The molecule has 5 nitrogen and oxygen atoms in total. The van der Waals surface area contributed by atoms with E-state index in [2.05, 4.69) is 16.4 Å². The summed E-state index contributed by atoms with van der Waals surface area (Å²) in [5, 5.41) is 3.50. The molecular weight excluding hydrogens is 322 g/mol. The fraction of sp³-hybridized carbons (Fsp3) is 0.389. The molecule has 0 unspecified atom stereocenters. The number of anilines is 1. The normalized spacial score (nSPS) is 16.7. The summed E-state index contributed by atoms with van der Waals surface area (Å²) in [5.74, 6) is 1.07. The first-order valence-electron chi connectivity index (χ1n) is 8.03. The first-order chi connectivity index (χ1) is 11.4. The zero-order valence-electron chi connectivity index (χ0n) is 14.3. The third kappa shape index (κ3) is 2.86. The molecular formula is C18H21N3O2S. The number of thioether (sulfide) groups is 1. The summed E-state index contributed by atoms with van der Waals surface area (Å²) >= 11 is 1.49. The summed E-state index contributed by atoms with van der Waals surface area (Å²) in [6, 6.07) is 6.15. The van der Waals surface area contributed by atoms with Gasteiger partial charge in [0, 0.05) is 19.4 Å². The number of carbonyl (C=O) groups is 1. The molecule has 1 atom stereocenters. The Hall–Kier alpha value is -2.08. The second-order valence-electron chi connectivity index (χ2n) is 6.12. The molecule has 1 amide bonds. The molecule has 24 heavy (non-hydrogen) atoms. The molecule has 0 radical (unpaired) electrons. The van der Waals surface area contributed by atoms with Crippen molar-refractivity contribution in [3.8, 4) is 0 Å². The van der Waals surface area contributed by atoms with Crippen LogP contribution >= 0.6 is 11.8 Å². The highest BCUT2D eigenvalue weighted by Crippen LogP contribution is 2.37. The van der Waals surface area contributed by atoms with Crippen molar-refractivity contribution in [2.75, 3.05) is 11.1 Å². The van der Waals surface area contributed by atoms with Crippen molar-refractivity contribution < 1.29 is 4.79 Å². The first-order valence-corrected chi connectivity index (χ1v) is 9.01. The van der Waals surface area contributed by atoms with Crippen molar-refractivity contribution >= 4 is 23.5 Å². The molecule has 1 aromatic carbocycles. The molecule has 126 valence electrons. The number of nitrogens with one attached hydrogen (secondary N) is 1. The molecule has 0 saturated heterocycles. The molecule has 2 aromatic rings. The van der Waals surface area contributed by atoms with Gasteiger partial charge in [0.15, 0.2) is 5.16 Å². The minimum atomic E-state index is -0.250. The molecule has 0 bridgehead atoms. The Morgan fingerprint density at radius 2 is 2.08 bits per heavy atom. The van der Waals surface area contributed by atoms with Crippen LogP contribution in [-0.2, 0) is 11.8 Å². The molecule has 0 aliphatic carbocycles. The fourth-order valence-corrected chi connectivity index (χ4v) is 3.89. The van der Waals surface area contributed by atoms with E-state index in [0.29, 0.717) is 16.5 Å². The highest BCUT2D eigenvalue weighted by atomic mass is 32.2. The molecule has 0 saturated carbocycles. The van der Waals surface area contributed by atoms with Gasteiger partial charge in [0.25, 0.3) is 5.56 Å². The van der Waals surface area contributed by atoms with Crippen LogP contribution < -0.4 is 10.9 Å². The van der Waals surface area contributed by atoms with Crippen LogP contribution in [-0.4, -0.2) is 21.2 Å². The third-order valence-electron chi connectivity index (χ3n) is 4.38. The summed E-state index contributed by atoms with van der Waals surface area (Å²) in [4.78, 5) is 29.2. The number of rotatable bonds is 3. The molecule has 1 aliphatic rings. The molecule has 3 rings (SSSR count). The number of hydrogen-bond acceptors (Lipinski definition) is 4. The third-order valence-corrected chi connectivity index (χ3v) is 5.30. The highest BCUT2D eigenvalue weighted by Gasteiger charge is 2.32. The number of hydrogen-bond donors (Lipinski definition) is 1. The van der Waals surface area contributed by atoms with E-state index < -0.39 is 0 Å². The fourth-order valence-electron chi connectivity index (χ4n) is 3.19. The lowest BCUT2D eigenvalue weighted by atomic mass is 9.84. The number of amides is 1. The quantitative estimate of drug-likeness (QED) is 0.687. The van der Waals surface area contributed by atoms with Gasteiger partial charge in [-0.05, 0) is 30.7 Å². The van der Waals surface area contributed by atoms with Crippen LogP contribution in [0.2, 0.25) is 0 Å². The van der Waals surface area contributed by atoms with Crippen LogP contribution in [0.5, 0.6) is 0 Å². The number of aryl methyl sites for hydroxylation is 2. The number of carbonyl (C=O) groups excluding carboxylic acids is 1. The van der Waals surface area contributed by atoms with Crippen LogP contribution in [0.25, 0.3) is 0 Å². The van der Waals surface area contributed by atoms with Crippen LogP contribution in [0, 0.1) is 13.8 Å². The van der Waals surface area contributed by atoms with Gasteiger partial charge in [0.05, 0.1) is 5.56 Å². The van der Waals surface area contributed by atoms with Crippen molar-refractivity contribution in [1.82, 2.24) is 9.55 Å². The predicted molar refractivity (Wildman–Crippen MR) is 96.9 cm³/mol. The average molecular weight is 343 g/mol. The van der Waals surface area contributed by atoms with E-state index in [9.17, 15) is 9.59 Å². The number of fused-ring (bicyclic) bond motifs is 1. The zero-order chi connectivity index (χ0) is 17.4. The van der Waals surface area contributed by atoms with Gasteiger partial charge in [0.2, 0.25) is 5.91 Å². The number of aromatic nitrogens is 2. The van der Waals surface area contributed by atoms with E-state index in [-0.39, 0.29) is 23.8 Å². The van der Waals surface area contributed by atoms with Crippen molar-refractivity contribution in [1.29, 1.82) is 0 Å². The monoisotopic (exact) mass is 343 g/mol. The van der Waals surface area contributed by atoms with Gasteiger partial charge in [-0.2, -0.15) is 4.98 Å². The van der Waals surface area contributed by atoms with Crippen LogP contribution in [0.15, 0.2) is 28.2 Å². The molecule has 1 aromatic heterocycles. The van der Waals surface area contributed by atoms with E-state index in [1.54, 1.807) is 0 Å². The molecule has 2 heterocycles. The Kier molecular flexibility index (Phi) is 4.49. The molecule has 1 N–H and O–H groups in total. The lowest BCUT2D eigenvalue weighted by Gasteiger charge is -2.28. The van der Waals surface area contributed by atoms with E-state index >= 15 is 0 Å². The van der Waals surface area contributed by atoms with E-state index in [0.717, 1.165) is 22.4 Å². The summed E-state index contributed by atoms with van der Waals surface area (Å²) in [7, 11) is 1.84. The van der Waals surface area contributed by atoms with Gasteiger partial charge in [0.1, 0.15) is 5.82 Å². The maximum absolute atomic E-state index is 12.7. The van der Waals surface area contributed by atoms with E-state index in [4.69, 9.17) is 0 Å². The smallest absolute Gasteiger partial charge is 0.279 e. The van der Waals surface area contributed by atoms with Gasteiger partial charge in [-0.3, -0.25) is 9.59 Å². The predicted octanol–water partition coefficient (Wildman–Crippen LogP) is 2.98. The summed E-state index contributed by atoms with van der Waals surface area (Å²) in [5.41, 5.74) is 3.57. The lowest BCUT2D eigenvalue weighted by molar-refractivity contribution is -0.116. The number of benzene rings is 1. The van der Waals surface area contributed by atoms with Gasteiger partial charge in [-0.25, -0.2) is 0 Å². The van der Waals surface area contributed by atoms with Gasteiger partial charge < -0.3 is 9.88 Å². The minimum absolute atomic E-state index is 0.0675. The maximum Gasteiger partial charge on any atom is 0.279 e. The van der Waals surface area contributed by atoms with Gasteiger partial charge >= 0.3 is 0 Å². The van der Waals surface area contributed by atoms with Crippen molar-refractivity contribution in [2.24, 2.45) is 7.05 Å². The van der Waals surface area contributed by atoms with Crippen molar-refractivity contribution in [3.05, 3.63) is 50.8 Å². The van der Waals surface area contributed by atoms with E-state index in [1.165, 1.54) is 11.8 Å². The van der Waals surface area contributed by atoms with E-state index in [1.807, 2.05) is 44.5 Å². The Morgan fingerprint density at radius 3 is 2.79 bits per heavy atom. The molecule has 0 spiro atoms. The van der Waals surface area contributed by atoms with Crippen LogP contribution in [0.4, 0.5) is 5.82 Å². The second kappa shape index (κ2) is 6.43. The lowest BCUT2D eigenvalue weighted by Crippen LogP contribution is -2.33. The van der Waals surface area contributed by atoms with Crippen molar-refractivity contribution in [2.45, 2.75) is 38.3 Å². The maximum atomic E-state index is 12.7. The average Bonchev–Trinajstić information content (AvgIpc) is 2.54. The van der Waals surface area contributed by atoms with Crippen LogP contribution in [0.3, 0.4) is 0 Å². The van der Waals surface area contributed by atoms with Crippen LogP contribution in [0.1, 0.15) is 41.5 Å². The summed E-state index contributed by atoms with van der Waals surface area (Å²) in [6.45, 7) is 6.04. The van der Waals surface area contributed by atoms with Gasteiger partial charge in [-0.1, -0.05) is 42.4 Å². The highest BCUT2D eigenvalue weighted by molar-refractivity contribution is 7.99. The number of nitrogens with zero attached hydrogens (tertiary/aromatic N) is 2. The summed E-state index contributed by atoms with van der Waals surface area (Å²) < 4.78 is 1.82.